The first-order chi connectivity index (χ1) is 29.6. The number of carbonyl (C=O) groups is 4. The van der Waals surface area contributed by atoms with Crippen molar-refractivity contribution in [3.8, 4) is 0 Å². The van der Waals surface area contributed by atoms with Crippen molar-refractivity contribution in [3.05, 3.63) is 12.7 Å². The molecule has 4 saturated heterocycles. The van der Waals surface area contributed by atoms with Gasteiger partial charge in [-0.15, -0.1) is 6.58 Å². The fourth-order valence-corrected chi connectivity index (χ4v) is 7.99. The maximum absolute atomic E-state index is 12.8. The highest BCUT2D eigenvalue weighted by atomic mass is 32.3. The number of aliphatic carboxylic acids is 2. The van der Waals surface area contributed by atoms with Gasteiger partial charge in [-0.25, -0.2) is 18.0 Å². The van der Waals surface area contributed by atoms with Crippen LogP contribution in [0.5, 0.6) is 0 Å². The second kappa shape index (κ2) is 22.1. The minimum absolute atomic E-state index is 0.215. The molecule has 0 aromatic carbocycles. The monoisotopic (exact) mass is 972 g/mol. The van der Waals surface area contributed by atoms with Crippen molar-refractivity contribution in [2.45, 2.75) is 138 Å². The first-order valence-electron chi connectivity index (χ1n) is 19.1. The fraction of sp³-hybridized carbons (Fsp3) is 0.818. The number of rotatable bonds is 19. The Morgan fingerprint density at radius 1 is 0.594 bits per heavy atom. The summed E-state index contributed by atoms with van der Waals surface area (Å²) in [6, 6.07) is -3.07. The van der Waals surface area contributed by atoms with Crippen LogP contribution in [-0.2, 0) is 86.2 Å². The van der Waals surface area contributed by atoms with Crippen molar-refractivity contribution < 1.29 is 127 Å². The van der Waals surface area contributed by atoms with Crippen LogP contribution in [-0.4, -0.2) is 216 Å². The average molecular weight is 973 g/mol. The summed E-state index contributed by atoms with van der Waals surface area (Å²) in [4.78, 5) is 49.6. The zero-order valence-electron chi connectivity index (χ0n) is 34.1. The van der Waals surface area contributed by atoms with Gasteiger partial charge in [0.15, 0.2) is 37.4 Å². The first kappa shape index (κ1) is 53.5. The van der Waals surface area contributed by atoms with E-state index in [9.17, 15) is 80.9 Å². The van der Waals surface area contributed by atoms with E-state index < -0.39 is 180 Å². The second-order valence-corrected chi connectivity index (χ2v) is 17.3. The molecule has 0 aliphatic carbocycles. The summed E-state index contributed by atoms with van der Waals surface area (Å²) in [7, 11) is -10.2. The van der Waals surface area contributed by atoms with E-state index in [0.717, 1.165) is 13.8 Å². The number of aliphatic hydroxyl groups is 5. The SMILES string of the molecule is C=CCO[C@@H]1OC(COS(=O)(=O)O)[C@H](C)[C@H](O[C@@H]2OC(C(=O)O)[C@H](O[C@@H]3OC(COS(=O)(=O)O)[C@H](C)[C@H](O[C@@H]4OC(C(=O)O)[C@H](O)[C@H](O)C4O)C3NC(C)=O)[C@H](O)C2O)C1NC(C)=O. The van der Waals surface area contributed by atoms with E-state index in [1.165, 1.54) is 19.9 Å². The molecule has 4 fully saturated rings. The van der Waals surface area contributed by atoms with Gasteiger partial charge in [-0.2, -0.15) is 16.8 Å². The van der Waals surface area contributed by atoms with Crippen molar-refractivity contribution in [2.75, 3.05) is 19.8 Å². The van der Waals surface area contributed by atoms with E-state index in [-0.39, 0.29) is 6.61 Å². The van der Waals surface area contributed by atoms with Crippen molar-refractivity contribution in [1.29, 1.82) is 0 Å². The summed E-state index contributed by atoms with van der Waals surface area (Å²) in [6.07, 6.45) is -30.6. The topological polar surface area (TPSA) is 435 Å². The number of hydrogen-bond donors (Lipinski definition) is 11. The van der Waals surface area contributed by atoms with E-state index in [1.54, 1.807) is 0 Å². The summed E-state index contributed by atoms with van der Waals surface area (Å²) in [5, 5.41) is 79.1. The number of carbonyl (C=O) groups excluding carboxylic acids is 2. The van der Waals surface area contributed by atoms with Gasteiger partial charge in [0.2, 0.25) is 11.8 Å². The molecule has 4 aliphatic heterocycles. The van der Waals surface area contributed by atoms with Gasteiger partial charge < -0.3 is 84.3 Å². The number of carboxylic acids is 2. The van der Waals surface area contributed by atoms with E-state index in [4.69, 9.17) is 37.9 Å². The molecule has 368 valence electrons. The summed E-state index contributed by atoms with van der Waals surface area (Å²) >= 11 is 0. The van der Waals surface area contributed by atoms with E-state index >= 15 is 0 Å². The molecule has 2 amide bonds. The van der Waals surface area contributed by atoms with Crippen LogP contribution in [0.15, 0.2) is 12.7 Å². The predicted molar refractivity (Wildman–Crippen MR) is 199 cm³/mol. The maximum Gasteiger partial charge on any atom is 0.397 e. The lowest BCUT2D eigenvalue weighted by atomic mass is 9.88. The molecule has 0 aromatic rings. The van der Waals surface area contributed by atoms with E-state index in [2.05, 4.69) is 25.6 Å². The molecular weight excluding hydrogens is 920 g/mol. The van der Waals surface area contributed by atoms with Crippen LogP contribution >= 0.6 is 0 Å². The number of amides is 2. The molecule has 0 radical (unpaired) electrons. The number of ether oxygens (including phenoxy) is 8. The number of carboxylic acid groups (broad SMARTS) is 2. The molecule has 8 unspecified atom stereocenters. The van der Waals surface area contributed by atoms with Crippen LogP contribution < -0.4 is 10.6 Å². The molecule has 0 aromatic heterocycles. The normalized spacial score (nSPS) is 40.8. The van der Waals surface area contributed by atoms with Gasteiger partial charge in [-0.3, -0.25) is 18.7 Å². The van der Waals surface area contributed by atoms with Crippen LogP contribution in [0.2, 0.25) is 0 Å². The number of hydrogen-bond acceptors (Lipinski definition) is 23. The molecule has 64 heavy (non-hydrogen) atoms. The molecule has 4 heterocycles. The van der Waals surface area contributed by atoms with E-state index in [0.29, 0.717) is 0 Å². The molecule has 31 heteroatoms. The molecule has 4 aliphatic rings. The zero-order chi connectivity index (χ0) is 48.2. The lowest BCUT2D eigenvalue weighted by Crippen LogP contribution is -2.69. The Morgan fingerprint density at radius 2 is 1.00 bits per heavy atom. The standard InChI is InChI=1S/C33H52N2O27S2/c1-6-7-53-30-16(34-12(4)36)23(10(2)14(56-30)8-54-63(47,48)49)58-33-22(42)20(40)25(27(62-33)29(45)46)60-31-17(35-13(5)37)24(11(3)15(57-31)9-55-64(50,51)52)59-32-21(41)18(38)19(39)26(61-32)28(43)44/h6,10-11,14-27,30-33,38-42H,1,7-9H2,2-5H3,(H,34,36)(H,35,37)(H,43,44)(H,45,46)(H,47,48,49)(H,50,51,52)/t10-,11-,14?,15?,16?,17?,18-,19+,20+,21?,22?,23-,24-,25+,26?,27?,30+,31-,32+,33+/m0/s1. The molecule has 0 bridgehead atoms. The van der Waals surface area contributed by atoms with Crippen molar-refractivity contribution >= 4 is 44.6 Å². The summed E-state index contributed by atoms with van der Waals surface area (Å²) in [5.74, 6) is -7.59. The average Bonchev–Trinajstić information content (AvgIpc) is 3.18. The Bertz CT molecular complexity index is 1870. The molecule has 29 nitrogen and oxygen atoms in total. The van der Waals surface area contributed by atoms with Crippen molar-refractivity contribution in [2.24, 2.45) is 11.8 Å². The Labute approximate surface area is 364 Å². The van der Waals surface area contributed by atoms with Gasteiger partial charge >= 0.3 is 32.7 Å². The second-order valence-electron chi connectivity index (χ2n) is 15.1. The van der Waals surface area contributed by atoms with Gasteiger partial charge in [0, 0.05) is 25.7 Å². The number of aliphatic hydroxyl groups excluding tert-OH is 5. The third kappa shape index (κ3) is 13.5. The Morgan fingerprint density at radius 3 is 1.42 bits per heavy atom. The van der Waals surface area contributed by atoms with Gasteiger partial charge in [-0.1, -0.05) is 19.9 Å². The zero-order valence-corrected chi connectivity index (χ0v) is 35.8. The fourth-order valence-electron chi connectivity index (χ4n) is 7.38. The summed E-state index contributed by atoms with van der Waals surface area (Å²) in [5.41, 5.74) is 0. The van der Waals surface area contributed by atoms with Crippen LogP contribution in [0.4, 0.5) is 0 Å². The minimum atomic E-state index is -5.19. The largest absolute Gasteiger partial charge is 0.479 e. The van der Waals surface area contributed by atoms with Crippen LogP contribution in [0.25, 0.3) is 0 Å². The first-order valence-corrected chi connectivity index (χ1v) is 21.8. The van der Waals surface area contributed by atoms with E-state index in [1.807, 2.05) is 0 Å². The Hall–Kier alpha value is -3.16. The summed E-state index contributed by atoms with van der Waals surface area (Å²) in [6.45, 7) is 6.13. The highest BCUT2D eigenvalue weighted by Crippen LogP contribution is 2.37. The third-order valence-electron chi connectivity index (χ3n) is 10.5. The molecule has 0 saturated carbocycles. The van der Waals surface area contributed by atoms with Crippen molar-refractivity contribution in [1.82, 2.24) is 10.6 Å². The predicted octanol–water partition coefficient (Wildman–Crippen LogP) is -5.86. The van der Waals surface area contributed by atoms with Crippen LogP contribution in [0, 0.1) is 11.8 Å². The Kier molecular flexibility index (Phi) is 18.5. The smallest absolute Gasteiger partial charge is 0.397 e. The van der Waals surface area contributed by atoms with Gasteiger partial charge in [0.05, 0.1) is 44.2 Å². The van der Waals surface area contributed by atoms with Crippen LogP contribution in [0.1, 0.15) is 27.7 Å². The van der Waals surface area contributed by atoms with Crippen LogP contribution in [0.3, 0.4) is 0 Å². The molecule has 11 N–H and O–H groups in total. The molecule has 4 rings (SSSR count). The quantitative estimate of drug-likeness (QED) is 0.0424. The lowest BCUT2D eigenvalue weighted by molar-refractivity contribution is -0.363. The minimum Gasteiger partial charge on any atom is -0.479 e. The molecular formula is C33H52N2O27S2. The maximum atomic E-state index is 12.8. The summed E-state index contributed by atoms with van der Waals surface area (Å²) < 4.78 is 119. The lowest BCUT2D eigenvalue weighted by Gasteiger charge is -2.50. The van der Waals surface area contributed by atoms with Crippen molar-refractivity contribution in [3.63, 3.8) is 0 Å². The Balaban J connectivity index is 1.70. The van der Waals surface area contributed by atoms with Gasteiger partial charge in [0.25, 0.3) is 0 Å². The van der Waals surface area contributed by atoms with Gasteiger partial charge in [-0.05, 0) is 0 Å². The highest BCUT2D eigenvalue weighted by molar-refractivity contribution is 7.81. The molecule has 0 spiro atoms. The van der Waals surface area contributed by atoms with Gasteiger partial charge in [0.1, 0.15) is 48.7 Å². The third-order valence-corrected chi connectivity index (χ3v) is 11.3. The molecule has 20 atom stereocenters. The highest BCUT2D eigenvalue weighted by Gasteiger charge is 2.57. The number of nitrogens with one attached hydrogen (secondary N) is 2.